The number of benzene rings is 2. The van der Waals surface area contributed by atoms with Crippen LogP contribution in [0.4, 0.5) is 5.69 Å². The molecule has 1 N–H and O–H groups in total. The number of carbonyl (C=O) groups is 2. The van der Waals surface area contributed by atoms with Crippen molar-refractivity contribution in [2.24, 2.45) is 28.8 Å². The smallest absolute Gasteiger partial charge is 0.223 e. The van der Waals surface area contributed by atoms with Gasteiger partial charge in [-0.1, -0.05) is 88.9 Å². The Morgan fingerprint density at radius 1 is 1.12 bits per heavy atom. The number of rotatable bonds is 12. The van der Waals surface area contributed by atoms with Crippen molar-refractivity contribution in [1.29, 1.82) is 0 Å². The molecule has 1 fully saturated rings. The van der Waals surface area contributed by atoms with Crippen LogP contribution in [0, 0.1) is 23.7 Å². The minimum absolute atomic E-state index is 0.0238. The molecule has 0 spiro atoms. The largest absolute Gasteiger partial charge is 0.353 e. The summed E-state index contributed by atoms with van der Waals surface area (Å²) in [5.41, 5.74) is 2.26. The van der Waals surface area contributed by atoms with Crippen molar-refractivity contribution in [1.82, 2.24) is 5.32 Å². The van der Waals surface area contributed by atoms with E-state index in [2.05, 4.69) is 46.4 Å². The highest BCUT2D eigenvalue weighted by atomic mass is 79.9. The van der Waals surface area contributed by atoms with Crippen molar-refractivity contribution in [3.8, 4) is 0 Å². The van der Waals surface area contributed by atoms with E-state index in [0.29, 0.717) is 40.7 Å². The highest BCUT2D eigenvalue weighted by molar-refractivity contribution is 9.10. The number of carbonyl (C=O) groups excluding carboxylic acids is 2. The zero-order valence-electron chi connectivity index (χ0n) is 24.4. The molecule has 1 heterocycles. The van der Waals surface area contributed by atoms with Gasteiger partial charge in [0.25, 0.3) is 0 Å². The first-order chi connectivity index (χ1) is 20.7. The number of amides is 1. The lowest BCUT2D eigenvalue weighted by Gasteiger charge is -2.29. The van der Waals surface area contributed by atoms with Crippen molar-refractivity contribution >= 4 is 73.8 Å². The third kappa shape index (κ3) is 7.76. The van der Waals surface area contributed by atoms with Crippen LogP contribution in [-0.4, -0.2) is 23.4 Å². The Morgan fingerprint density at radius 2 is 1.86 bits per heavy atom. The molecule has 2 aliphatic carbocycles. The van der Waals surface area contributed by atoms with Gasteiger partial charge in [0, 0.05) is 38.3 Å². The molecule has 9 heteroatoms. The molecule has 228 valence electrons. The van der Waals surface area contributed by atoms with Gasteiger partial charge < -0.3 is 5.32 Å². The van der Waals surface area contributed by atoms with E-state index in [4.69, 9.17) is 39.9 Å². The quantitative estimate of drug-likeness (QED) is 0.239. The number of anilines is 1. The summed E-state index contributed by atoms with van der Waals surface area (Å²) in [6.45, 7) is 4.01. The SMILES string of the molecule is CCC1C(C(=O)C(C)CC(CCC2CC=CC=C2Cl)C(=O)NC2CC2)=NN(c2ccc(Cl)cc2Cl)C1c1ccc(Br)cc1. The molecule has 5 atom stereocenters. The van der Waals surface area contributed by atoms with Crippen LogP contribution in [0.2, 0.25) is 10.0 Å². The third-order valence-corrected chi connectivity index (χ3v) is 10.2. The van der Waals surface area contributed by atoms with E-state index in [1.165, 1.54) is 0 Å². The van der Waals surface area contributed by atoms with Crippen LogP contribution < -0.4 is 10.3 Å². The van der Waals surface area contributed by atoms with Crippen LogP contribution in [-0.2, 0) is 9.59 Å². The molecule has 5 nitrogen and oxygen atoms in total. The van der Waals surface area contributed by atoms with Gasteiger partial charge >= 0.3 is 0 Å². The minimum Gasteiger partial charge on any atom is -0.353 e. The molecule has 5 rings (SSSR count). The van der Waals surface area contributed by atoms with Crippen LogP contribution in [0.1, 0.15) is 70.4 Å². The first kappa shape index (κ1) is 32.3. The molecule has 3 aliphatic rings. The average molecular weight is 706 g/mol. The van der Waals surface area contributed by atoms with Gasteiger partial charge in [-0.3, -0.25) is 14.6 Å². The fraction of sp³-hybridized carbons (Fsp3) is 0.441. The lowest BCUT2D eigenvalue weighted by atomic mass is 9.80. The van der Waals surface area contributed by atoms with E-state index >= 15 is 0 Å². The van der Waals surface area contributed by atoms with Crippen molar-refractivity contribution in [2.45, 2.75) is 70.9 Å². The zero-order chi connectivity index (χ0) is 30.7. The topological polar surface area (TPSA) is 61.8 Å². The van der Waals surface area contributed by atoms with Gasteiger partial charge in [0.2, 0.25) is 5.91 Å². The molecule has 0 aromatic heterocycles. The van der Waals surface area contributed by atoms with E-state index < -0.39 is 0 Å². The number of hydrogen-bond donors (Lipinski definition) is 1. The summed E-state index contributed by atoms with van der Waals surface area (Å²) in [5, 5.41) is 11.9. The lowest BCUT2D eigenvalue weighted by Crippen LogP contribution is -2.36. The molecule has 2 aromatic carbocycles. The lowest BCUT2D eigenvalue weighted by molar-refractivity contribution is -0.126. The highest BCUT2D eigenvalue weighted by Crippen LogP contribution is 2.44. The second-order valence-corrected chi connectivity index (χ2v) is 14.1. The molecule has 0 saturated heterocycles. The van der Waals surface area contributed by atoms with Crippen LogP contribution in [0.25, 0.3) is 0 Å². The number of nitrogens with one attached hydrogen (secondary N) is 1. The van der Waals surface area contributed by atoms with E-state index in [0.717, 1.165) is 40.8 Å². The number of allylic oxidation sites excluding steroid dienone is 4. The maximum atomic E-state index is 14.2. The molecular formula is C34H37BrCl3N3O2. The number of nitrogens with zero attached hydrogens (tertiary/aromatic N) is 2. The summed E-state index contributed by atoms with van der Waals surface area (Å²) in [7, 11) is 0. The first-order valence-electron chi connectivity index (χ1n) is 15.1. The second-order valence-electron chi connectivity index (χ2n) is 11.9. The Labute approximate surface area is 277 Å². The molecule has 1 aliphatic heterocycles. The van der Waals surface area contributed by atoms with Gasteiger partial charge in [-0.25, -0.2) is 0 Å². The Balaban J connectivity index is 1.40. The van der Waals surface area contributed by atoms with Crippen molar-refractivity contribution < 1.29 is 9.59 Å². The average Bonchev–Trinajstić information content (AvgIpc) is 3.72. The van der Waals surface area contributed by atoms with Gasteiger partial charge in [-0.2, -0.15) is 5.10 Å². The maximum absolute atomic E-state index is 14.2. The van der Waals surface area contributed by atoms with Crippen molar-refractivity contribution in [3.63, 3.8) is 0 Å². The molecular weight excluding hydrogens is 669 g/mol. The predicted molar refractivity (Wildman–Crippen MR) is 181 cm³/mol. The summed E-state index contributed by atoms with van der Waals surface area (Å²) >= 11 is 22.9. The van der Waals surface area contributed by atoms with Gasteiger partial charge in [0.1, 0.15) is 5.71 Å². The summed E-state index contributed by atoms with van der Waals surface area (Å²) in [6.07, 6.45) is 11.6. The standard InChI is InChI=1S/C34H37BrCl3N3O2/c1-3-27-31(40-41(30-17-14-25(36)19-29(30)38)32(27)22-10-12-24(35)13-11-22)33(42)20(2)18-23(34(43)39-26-15-16-26)9-8-21-6-4-5-7-28(21)37/h4-5,7,10-14,17,19-21,23,26-27,32H,3,6,8-9,15-16,18H2,1-2H3,(H,39,43). The summed E-state index contributed by atoms with van der Waals surface area (Å²) in [5.74, 6) is -0.588. The third-order valence-electron chi connectivity index (χ3n) is 8.72. The molecule has 0 radical (unpaired) electrons. The normalized spacial score (nSPS) is 23.0. The van der Waals surface area contributed by atoms with Gasteiger partial charge in [-0.05, 0) is 92.8 Å². The minimum atomic E-state index is -0.383. The number of hydrogen-bond acceptors (Lipinski definition) is 4. The Hall–Kier alpha value is -2.12. The molecule has 5 unspecified atom stereocenters. The second kappa shape index (κ2) is 14.3. The maximum Gasteiger partial charge on any atom is 0.223 e. The van der Waals surface area contributed by atoms with Crippen LogP contribution >= 0.6 is 50.7 Å². The number of hydrazone groups is 1. The van der Waals surface area contributed by atoms with Crippen molar-refractivity contribution in [3.05, 3.63) is 85.8 Å². The van der Waals surface area contributed by atoms with Crippen LogP contribution in [0.3, 0.4) is 0 Å². The monoisotopic (exact) mass is 703 g/mol. The number of halogens is 4. The van der Waals surface area contributed by atoms with Crippen molar-refractivity contribution in [2.75, 3.05) is 5.01 Å². The fourth-order valence-electron chi connectivity index (χ4n) is 6.12. The number of ketones is 1. The molecule has 1 saturated carbocycles. The Bertz CT molecular complexity index is 1440. The zero-order valence-corrected chi connectivity index (χ0v) is 28.3. The van der Waals surface area contributed by atoms with E-state index in [-0.39, 0.29) is 47.4 Å². The van der Waals surface area contributed by atoms with Gasteiger partial charge in [-0.15, -0.1) is 0 Å². The van der Waals surface area contributed by atoms with Crippen LogP contribution in [0.5, 0.6) is 0 Å². The van der Waals surface area contributed by atoms with Gasteiger partial charge in [0.05, 0.1) is 16.8 Å². The summed E-state index contributed by atoms with van der Waals surface area (Å²) in [6, 6.07) is 13.5. The molecule has 2 aromatic rings. The summed E-state index contributed by atoms with van der Waals surface area (Å²) < 4.78 is 0.973. The van der Waals surface area contributed by atoms with E-state index in [1.54, 1.807) is 12.1 Å². The van der Waals surface area contributed by atoms with E-state index in [9.17, 15) is 9.59 Å². The number of Topliss-reactive ketones (excluding diaryl/α,β-unsaturated/α-hetero) is 1. The molecule has 43 heavy (non-hydrogen) atoms. The summed E-state index contributed by atoms with van der Waals surface area (Å²) in [4.78, 5) is 27.6. The van der Waals surface area contributed by atoms with Gasteiger partial charge in [0.15, 0.2) is 5.78 Å². The van der Waals surface area contributed by atoms with Crippen LogP contribution in [0.15, 0.2) is 75.3 Å². The molecule has 0 bridgehead atoms. The predicted octanol–water partition coefficient (Wildman–Crippen LogP) is 9.67. The van der Waals surface area contributed by atoms with E-state index in [1.807, 2.05) is 42.3 Å². The molecule has 1 amide bonds. The first-order valence-corrected chi connectivity index (χ1v) is 17.0. The Morgan fingerprint density at radius 3 is 2.51 bits per heavy atom. The Kier molecular flexibility index (Phi) is 10.8. The fourth-order valence-corrected chi connectivity index (χ4v) is 7.15. The highest BCUT2D eigenvalue weighted by Gasteiger charge is 2.43.